The number of hydrogen-bond donors (Lipinski definition) is 1. The summed E-state index contributed by atoms with van der Waals surface area (Å²) in [5.41, 5.74) is 0.551. The minimum Gasteiger partial charge on any atom is -0.444 e. The third-order valence-electron chi connectivity index (χ3n) is 4.07. The van der Waals surface area contributed by atoms with Crippen molar-refractivity contribution in [2.45, 2.75) is 45.1 Å². The Morgan fingerprint density at radius 1 is 1.21 bits per heavy atom. The second-order valence-corrected chi connectivity index (χ2v) is 7.15. The molecule has 1 amide bonds. The fraction of sp³-hybridized carbons (Fsp3) is 0.500. The Hall–Kier alpha value is -2.37. The van der Waals surface area contributed by atoms with E-state index in [1.165, 1.54) is 0 Å². The molecule has 2 aromatic rings. The number of H-pyrrole nitrogens is 1. The van der Waals surface area contributed by atoms with Gasteiger partial charge in [-0.2, -0.15) is 5.10 Å². The molecule has 0 radical (unpaired) electrons. The summed E-state index contributed by atoms with van der Waals surface area (Å²) in [6.45, 7) is 7.02. The minimum atomic E-state index is -0.455. The highest BCUT2D eigenvalue weighted by atomic mass is 16.6. The van der Waals surface area contributed by atoms with Gasteiger partial charge in [0.1, 0.15) is 11.4 Å². The number of aromatic nitrogens is 3. The molecule has 1 aliphatic rings. The molecule has 0 unspecified atom stereocenters. The van der Waals surface area contributed by atoms with Crippen LogP contribution in [0.25, 0.3) is 11.4 Å². The van der Waals surface area contributed by atoms with Gasteiger partial charge >= 0.3 is 6.09 Å². The van der Waals surface area contributed by atoms with E-state index in [1.807, 2.05) is 51.1 Å². The fourth-order valence-electron chi connectivity index (χ4n) is 2.84. The van der Waals surface area contributed by atoms with Crippen LogP contribution in [0.5, 0.6) is 0 Å². The second-order valence-electron chi connectivity index (χ2n) is 7.15. The summed E-state index contributed by atoms with van der Waals surface area (Å²) in [6.07, 6.45) is 1.49. The molecule has 6 nitrogen and oxygen atoms in total. The van der Waals surface area contributed by atoms with E-state index in [0.29, 0.717) is 19.0 Å². The molecule has 1 aromatic carbocycles. The summed E-state index contributed by atoms with van der Waals surface area (Å²) in [6, 6.07) is 9.93. The summed E-state index contributed by atoms with van der Waals surface area (Å²) in [5.74, 6) is 1.92. The van der Waals surface area contributed by atoms with E-state index < -0.39 is 5.60 Å². The smallest absolute Gasteiger partial charge is 0.410 e. The standard InChI is InChI=1S/C18H24N4O2/c1-18(2,3)24-17(23)22-11-9-14(10-12-22)16-19-15(20-21-16)13-7-5-4-6-8-13/h4-8,14H,9-12H2,1-3H3,(H,19,20,21). The highest BCUT2D eigenvalue weighted by molar-refractivity contribution is 5.68. The quantitative estimate of drug-likeness (QED) is 0.914. The molecule has 6 heteroatoms. The molecule has 2 heterocycles. The molecule has 0 atom stereocenters. The summed E-state index contributed by atoms with van der Waals surface area (Å²) in [5, 5.41) is 7.38. The van der Waals surface area contributed by atoms with Crippen LogP contribution in [0.15, 0.2) is 30.3 Å². The van der Waals surface area contributed by atoms with Gasteiger partial charge in [-0.15, -0.1) is 0 Å². The first-order chi connectivity index (χ1) is 11.4. The van der Waals surface area contributed by atoms with Gasteiger partial charge in [-0.05, 0) is 33.6 Å². The number of likely N-dealkylation sites (tertiary alicyclic amines) is 1. The summed E-state index contributed by atoms with van der Waals surface area (Å²) >= 11 is 0. The second kappa shape index (κ2) is 6.63. The van der Waals surface area contributed by atoms with E-state index in [1.54, 1.807) is 4.90 Å². The first kappa shape index (κ1) is 16.5. The largest absolute Gasteiger partial charge is 0.444 e. The topological polar surface area (TPSA) is 71.1 Å². The number of nitrogens with zero attached hydrogens (tertiary/aromatic N) is 3. The third kappa shape index (κ3) is 3.93. The number of nitrogens with one attached hydrogen (secondary N) is 1. The van der Waals surface area contributed by atoms with Crippen molar-refractivity contribution < 1.29 is 9.53 Å². The average molecular weight is 328 g/mol. The molecule has 0 aliphatic carbocycles. The zero-order chi connectivity index (χ0) is 17.2. The number of benzene rings is 1. The number of rotatable bonds is 2. The van der Waals surface area contributed by atoms with Gasteiger partial charge in [0.25, 0.3) is 0 Å². The monoisotopic (exact) mass is 328 g/mol. The number of carbonyl (C=O) groups excluding carboxylic acids is 1. The van der Waals surface area contributed by atoms with Crippen LogP contribution >= 0.6 is 0 Å². The fourth-order valence-corrected chi connectivity index (χ4v) is 2.84. The Morgan fingerprint density at radius 2 is 1.88 bits per heavy atom. The molecule has 1 N–H and O–H groups in total. The first-order valence-electron chi connectivity index (χ1n) is 8.38. The van der Waals surface area contributed by atoms with Crippen LogP contribution in [0, 0.1) is 0 Å². The molecule has 1 saturated heterocycles. The lowest BCUT2D eigenvalue weighted by Gasteiger charge is -2.32. The normalized spacial score (nSPS) is 16.2. The van der Waals surface area contributed by atoms with E-state index >= 15 is 0 Å². The molecule has 24 heavy (non-hydrogen) atoms. The predicted molar refractivity (Wildman–Crippen MR) is 91.6 cm³/mol. The lowest BCUT2D eigenvalue weighted by molar-refractivity contribution is 0.0203. The maximum atomic E-state index is 12.1. The van der Waals surface area contributed by atoms with Gasteiger partial charge in [-0.1, -0.05) is 30.3 Å². The maximum Gasteiger partial charge on any atom is 0.410 e. The Bertz CT molecular complexity index is 683. The van der Waals surface area contributed by atoms with Crippen LogP contribution in [0.2, 0.25) is 0 Å². The molecule has 0 saturated carbocycles. The van der Waals surface area contributed by atoms with Crippen molar-refractivity contribution in [2.75, 3.05) is 13.1 Å². The summed E-state index contributed by atoms with van der Waals surface area (Å²) in [7, 11) is 0. The third-order valence-corrected chi connectivity index (χ3v) is 4.07. The van der Waals surface area contributed by atoms with Gasteiger partial charge in [-0.25, -0.2) is 9.78 Å². The minimum absolute atomic E-state index is 0.233. The lowest BCUT2D eigenvalue weighted by Crippen LogP contribution is -2.41. The van der Waals surface area contributed by atoms with E-state index in [4.69, 9.17) is 4.74 Å². The molecule has 0 bridgehead atoms. The average Bonchev–Trinajstić information content (AvgIpc) is 3.04. The van der Waals surface area contributed by atoms with Gasteiger partial charge < -0.3 is 9.64 Å². The van der Waals surface area contributed by atoms with Gasteiger partial charge in [0.05, 0.1) is 0 Å². The molecular weight excluding hydrogens is 304 g/mol. The predicted octanol–water partition coefficient (Wildman–Crippen LogP) is 3.59. The highest BCUT2D eigenvalue weighted by Crippen LogP contribution is 2.27. The van der Waals surface area contributed by atoms with E-state index in [-0.39, 0.29) is 6.09 Å². The zero-order valence-corrected chi connectivity index (χ0v) is 14.5. The Kier molecular flexibility index (Phi) is 4.55. The SMILES string of the molecule is CC(C)(C)OC(=O)N1CCC(c2nc(-c3ccccc3)n[nH]2)CC1. The van der Waals surface area contributed by atoms with Gasteiger partial charge in [-0.3, -0.25) is 5.10 Å². The molecule has 1 aromatic heterocycles. The zero-order valence-electron chi connectivity index (χ0n) is 14.5. The molecule has 128 valence electrons. The summed E-state index contributed by atoms with van der Waals surface area (Å²) in [4.78, 5) is 18.5. The van der Waals surface area contributed by atoms with E-state index in [9.17, 15) is 4.79 Å². The van der Waals surface area contributed by atoms with E-state index in [2.05, 4.69) is 15.2 Å². The molecule has 0 spiro atoms. The van der Waals surface area contributed by atoms with Gasteiger partial charge in [0.2, 0.25) is 0 Å². The van der Waals surface area contributed by atoms with Crippen LogP contribution in [-0.2, 0) is 4.74 Å². The Morgan fingerprint density at radius 3 is 2.50 bits per heavy atom. The van der Waals surface area contributed by atoms with Crippen LogP contribution in [0.3, 0.4) is 0 Å². The number of amides is 1. The number of carbonyl (C=O) groups is 1. The first-order valence-corrected chi connectivity index (χ1v) is 8.38. The number of hydrogen-bond acceptors (Lipinski definition) is 4. The van der Waals surface area contributed by atoms with Crippen molar-refractivity contribution >= 4 is 6.09 Å². The van der Waals surface area contributed by atoms with Crippen molar-refractivity contribution in [1.82, 2.24) is 20.1 Å². The van der Waals surface area contributed by atoms with Crippen molar-refractivity contribution in [1.29, 1.82) is 0 Å². The molecule has 3 rings (SSSR count). The van der Waals surface area contributed by atoms with Crippen LogP contribution in [-0.4, -0.2) is 44.9 Å². The molecule has 1 aliphatic heterocycles. The number of piperidine rings is 1. The van der Waals surface area contributed by atoms with Crippen molar-refractivity contribution in [3.8, 4) is 11.4 Å². The number of aromatic amines is 1. The van der Waals surface area contributed by atoms with Gasteiger partial charge in [0.15, 0.2) is 5.82 Å². The molecular formula is C18H24N4O2. The van der Waals surface area contributed by atoms with Crippen molar-refractivity contribution in [3.63, 3.8) is 0 Å². The highest BCUT2D eigenvalue weighted by Gasteiger charge is 2.28. The van der Waals surface area contributed by atoms with Crippen LogP contribution in [0.4, 0.5) is 4.79 Å². The lowest BCUT2D eigenvalue weighted by atomic mass is 9.96. The Labute approximate surface area is 142 Å². The van der Waals surface area contributed by atoms with Gasteiger partial charge in [0, 0.05) is 24.6 Å². The van der Waals surface area contributed by atoms with E-state index in [0.717, 1.165) is 30.1 Å². The van der Waals surface area contributed by atoms with Crippen LogP contribution < -0.4 is 0 Å². The maximum absolute atomic E-state index is 12.1. The number of ether oxygens (including phenoxy) is 1. The van der Waals surface area contributed by atoms with Crippen LogP contribution in [0.1, 0.15) is 45.4 Å². The Balaban J connectivity index is 1.59. The van der Waals surface area contributed by atoms with Crippen molar-refractivity contribution in [3.05, 3.63) is 36.2 Å². The van der Waals surface area contributed by atoms with Crippen molar-refractivity contribution in [2.24, 2.45) is 0 Å². The molecule has 1 fully saturated rings. The summed E-state index contributed by atoms with van der Waals surface area (Å²) < 4.78 is 5.43.